The van der Waals surface area contributed by atoms with E-state index in [-0.39, 0.29) is 11.8 Å². The third-order valence-electron chi connectivity index (χ3n) is 6.03. The molecule has 0 radical (unpaired) electrons. The molecular formula is C26H30N4O2. The van der Waals surface area contributed by atoms with Crippen LogP contribution in [0.1, 0.15) is 25.3 Å². The molecule has 2 aromatic carbocycles. The number of rotatable bonds is 6. The van der Waals surface area contributed by atoms with Crippen molar-refractivity contribution >= 4 is 17.4 Å². The third kappa shape index (κ3) is 4.74. The van der Waals surface area contributed by atoms with E-state index < -0.39 is 0 Å². The number of anilines is 2. The van der Waals surface area contributed by atoms with Crippen molar-refractivity contribution in [2.75, 3.05) is 36.5 Å². The normalized spacial score (nSPS) is 16.0. The average Bonchev–Trinajstić information content (AvgIpc) is 2.85. The number of carbonyl (C=O) groups is 1. The van der Waals surface area contributed by atoms with Gasteiger partial charge in [-0.2, -0.15) is 0 Å². The molecule has 1 amide bonds. The largest absolute Gasteiger partial charge is 0.497 e. The number of nitrogens with zero attached hydrogens (tertiary/aromatic N) is 4. The van der Waals surface area contributed by atoms with Crippen LogP contribution in [0.3, 0.4) is 0 Å². The standard InChI is InChI=1S/C26H30N4O2/c1-4-30(22-9-5-7-19(2)17-22)26(31)21-8-6-16-29(18-21)25-15-14-24(27-28-25)20-10-12-23(32-3)13-11-20/h5,7,9-15,17,21H,4,6,8,16,18H2,1-3H3. The number of hydrogen-bond donors (Lipinski definition) is 0. The van der Waals surface area contributed by atoms with E-state index in [1.807, 2.05) is 60.4 Å². The van der Waals surface area contributed by atoms with Crippen molar-refractivity contribution in [3.8, 4) is 17.0 Å². The summed E-state index contributed by atoms with van der Waals surface area (Å²) in [5.74, 6) is 1.77. The number of ether oxygens (including phenoxy) is 1. The maximum absolute atomic E-state index is 13.4. The Hall–Kier alpha value is -3.41. The average molecular weight is 431 g/mol. The molecule has 6 heteroatoms. The van der Waals surface area contributed by atoms with Crippen molar-refractivity contribution < 1.29 is 9.53 Å². The summed E-state index contributed by atoms with van der Waals surface area (Å²) in [5.41, 5.74) is 3.94. The molecule has 0 aliphatic carbocycles. The fraction of sp³-hybridized carbons (Fsp3) is 0.346. The van der Waals surface area contributed by atoms with Crippen molar-refractivity contribution in [1.29, 1.82) is 0 Å². The summed E-state index contributed by atoms with van der Waals surface area (Å²) in [7, 11) is 1.65. The molecule has 1 aliphatic heterocycles. The quantitative estimate of drug-likeness (QED) is 0.566. The van der Waals surface area contributed by atoms with Crippen LogP contribution < -0.4 is 14.5 Å². The van der Waals surface area contributed by atoms with E-state index in [1.165, 1.54) is 0 Å². The van der Waals surface area contributed by atoms with Crippen LogP contribution in [0.25, 0.3) is 11.3 Å². The Labute approximate surface area is 189 Å². The second kappa shape index (κ2) is 9.81. The lowest BCUT2D eigenvalue weighted by atomic mass is 9.96. The summed E-state index contributed by atoms with van der Waals surface area (Å²) in [4.78, 5) is 17.4. The van der Waals surface area contributed by atoms with Crippen molar-refractivity contribution in [3.63, 3.8) is 0 Å². The molecule has 1 aliphatic rings. The summed E-state index contributed by atoms with van der Waals surface area (Å²) >= 11 is 0. The van der Waals surface area contributed by atoms with E-state index in [1.54, 1.807) is 7.11 Å². The molecule has 166 valence electrons. The zero-order chi connectivity index (χ0) is 22.5. The highest BCUT2D eigenvalue weighted by Gasteiger charge is 2.30. The summed E-state index contributed by atoms with van der Waals surface area (Å²) in [6, 6.07) is 19.9. The van der Waals surface area contributed by atoms with Gasteiger partial charge in [0.05, 0.1) is 18.7 Å². The van der Waals surface area contributed by atoms with E-state index in [2.05, 4.69) is 34.2 Å². The molecule has 1 saturated heterocycles. The van der Waals surface area contributed by atoms with Gasteiger partial charge in [-0.1, -0.05) is 12.1 Å². The molecule has 4 rings (SSSR count). The van der Waals surface area contributed by atoms with Crippen LogP contribution in [-0.4, -0.2) is 42.8 Å². The number of carbonyl (C=O) groups excluding carboxylic acids is 1. The highest BCUT2D eigenvalue weighted by molar-refractivity contribution is 5.95. The summed E-state index contributed by atoms with van der Waals surface area (Å²) in [6.45, 7) is 6.30. The maximum atomic E-state index is 13.4. The zero-order valence-corrected chi connectivity index (χ0v) is 19.0. The van der Waals surface area contributed by atoms with Crippen LogP contribution in [0.15, 0.2) is 60.7 Å². The monoisotopic (exact) mass is 430 g/mol. The molecule has 1 atom stereocenters. The molecule has 0 N–H and O–H groups in total. The third-order valence-corrected chi connectivity index (χ3v) is 6.03. The van der Waals surface area contributed by atoms with Gasteiger partial charge in [-0.3, -0.25) is 4.79 Å². The molecule has 1 unspecified atom stereocenters. The summed E-state index contributed by atoms with van der Waals surface area (Å²) < 4.78 is 5.22. The predicted octanol–water partition coefficient (Wildman–Crippen LogP) is 4.73. The van der Waals surface area contributed by atoms with Crippen LogP contribution in [0.2, 0.25) is 0 Å². The number of benzene rings is 2. The molecule has 6 nitrogen and oxygen atoms in total. The Morgan fingerprint density at radius 1 is 1.12 bits per heavy atom. The Kier molecular flexibility index (Phi) is 6.69. The Balaban J connectivity index is 1.46. The second-order valence-electron chi connectivity index (χ2n) is 8.21. The molecule has 32 heavy (non-hydrogen) atoms. The van der Waals surface area contributed by atoms with Crippen LogP contribution in [-0.2, 0) is 4.79 Å². The van der Waals surface area contributed by atoms with Crippen LogP contribution >= 0.6 is 0 Å². The van der Waals surface area contributed by atoms with Gasteiger partial charge >= 0.3 is 0 Å². The number of hydrogen-bond acceptors (Lipinski definition) is 5. The Morgan fingerprint density at radius 3 is 2.59 bits per heavy atom. The first-order valence-electron chi connectivity index (χ1n) is 11.2. The van der Waals surface area contributed by atoms with Crippen molar-refractivity contribution in [2.45, 2.75) is 26.7 Å². The van der Waals surface area contributed by atoms with Crippen LogP contribution in [0.5, 0.6) is 5.75 Å². The van der Waals surface area contributed by atoms with Gasteiger partial charge in [0.15, 0.2) is 5.82 Å². The van der Waals surface area contributed by atoms with E-state index in [9.17, 15) is 4.79 Å². The van der Waals surface area contributed by atoms with Crippen LogP contribution in [0, 0.1) is 12.8 Å². The van der Waals surface area contributed by atoms with Crippen molar-refractivity contribution in [2.24, 2.45) is 5.92 Å². The van der Waals surface area contributed by atoms with Gasteiger partial charge in [-0.05, 0) is 80.8 Å². The van der Waals surface area contributed by atoms with Gasteiger partial charge in [0.2, 0.25) is 5.91 Å². The lowest BCUT2D eigenvalue weighted by Crippen LogP contribution is -2.45. The molecule has 1 fully saturated rings. The minimum Gasteiger partial charge on any atom is -0.497 e. The summed E-state index contributed by atoms with van der Waals surface area (Å²) in [5, 5.41) is 8.90. The SMILES string of the molecule is CCN(C(=O)C1CCCN(c2ccc(-c3ccc(OC)cc3)nn2)C1)c1cccc(C)c1. The topological polar surface area (TPSA) is 58.6 Å². The number of aromatic nitrogens is 2. The molecule has 0 saturated carbocycles. The van der Waals surface area contributed by atoms with Crippen LogP contribution in [0.4, 0.5) is 11.5 Å². The lowest BCUT2D eigenvalue weighted by Gasteiger charge is -2.35. The number of methoxy groups -OCH3 is 1. The minimum absolute atomic E-state index is 0.0488. The zero-order valence-electron chi connectivity index (χ0n) is 19.0. The van der Waals surface area contributed by atoms with Crippen molar-refractivity contribution in [3.05, 3.63) is 66.2 Å². The molecule has 2 heterocycles. The molecule has 0 bridgehead atoms. The van der Waals surface area contributed by atoms with Gasteiger partial charge in [-0.15, -0.1) is 10.2 Å². The number of piperidine rings is 1. The van der Waals surface area contributed by atoms with Crippen molar-refractivity contribution in [1.82, 2.24) is 10.2 Å². The van der Waals surface area contributed by atoms with E-state index in [0.717, 1.165) is 53.5 Å². The molecular weight excluding hydrogens is 400 g/mol. The fourth-order valence-electron chi connectivity index (χ4n) is 4.28. The molecule has 1 aromatic heterocycles. The minimum atomic E-state index is -0.0488. The predicted molar refractivity (Wildman–Crippen MR) is 128 cm³/mol. The van der Waals surface area contributed by atoms with Gasteiger partial charge in [-0.25, -0.2) is 0 Å². The van der Waals surface area contributed by atoms with Gasteiger partial charge in [0.25, 0.3) is 0 Å². The molecule has 3 aromatic rings. The summed E-state index contributed by atoms with van der Waals surface area (Å²) in [6.07, 6.45) is 1.86. The van der Waals surface area contributed by atoms with Gasteiger partial charge in [0.1, 0.15) is 5.75 Å². The second-order valence-corrected chi connectivity index (χ2v) is 8.21. The first-order valence-corrected chi connectivity index (χ1v) is 11.2. The van der Waals surface area contributed by atoms with E-state index in [4.69, 9.17) is 4.74 Å². The Bertz CT molecular complexity index is 1050. The fourth-order valence-corrected chi connectivity index (χ4v) is 4.28. The highest BCUT2D eigenvalue weighted by atomic mass is 16.5. The number of aryl methyl sites for hydroxylation is 1. The first kappa shape index (κ1) is 21.8. The smallest absolute Gasteiger partial charge is 0.231 e. The lowest BCUT2D eigenvalue weighted by molar-refractivity contribution is -0.122. The highest BCUT2D eigenvalue weighted by Crippen LogP contribution is 2.27. The Morgan fingerprint density at radius 2 is 1.94 bits per heavy atom. The first-order chi connectivity index (χ1) is 15.6. The van der Waals surface area contributed by atoms with Gasteiger partial charge < -0.3 is 14.5 Å². The van der Waals surface area contributed by atoms with E-state index in [0.29, 0.717) is 13.1 Å². The molecule has 0 spiro atoms. The maximum Gasteiger partial charge on any atom is 0.231 e. The van der Waals surface area contributed by atoms with E-state index >= 15 is 0 Å². The number of amides is 1. The van der Waals surface area contributed by atoms with Gasteiger partial charge in [0, 0.05) is 30.9 Å².